The molecule has 102 valence electrons. The predicted octanol–water partition coefficient (Wildman–Crippen LogP) is 4.81. The van der Waals surface area contributed by atoms with Crippen LogP contribution in [-0.2, 0) is 0 Å². The third-order valence-electron chi connectivity index (χ3n) is 2.51. The summed E-state index contributed by atoms with van der Waals surface area (Å²) >= 11 is 13.5. The summed E-state index contributed by atoms with van der Waals surface area (Å²) in [4.78, 5) is 6.11. The van der Waals surface area contributed by atoms with Crippen LogP contribution in [0.25, 0.3) is 11.1 Å². The molecule has 6 heteroatoms. The summed E-state index contributed by atoms with van der Waals surface area (Å²) in [5, 5.41) is 13.0. The van der Waals surface area contributed by atoms with Crippen LogP contribution in [0.15, 0.2) is 28.6 Å². The SMILES string of the molecule is CN(C)C=Nc1scc(-c2ccc(Cl)cc2Cl)c1C#N. The van der Waals surface area contributed by atoms with Crippen molar-refractivity contribution in [3.05, 3.63) is 39.2 Å². The lowest BCUT2D eigenvalue weighted by molar-refractivity contribution is 0.643. The lowest BCUT2D eigenvalue weighted by Gasteiger charge is -2.04. The van der Waals surface area contributed by atoms with Crippen LogP contribution in [-0.4, -0.2) is 25.3 Å². The third-order valence-corrected chi connectivity index (χ3v) is 3.94. The Hall–Kier alpha value is -1.54. The van der Waals surface area contributed by atoms with E-state index in [1.807, 2.05) is 30.4 Å². The Kier molecular flexibility index (Phi) is 4.66. The first-order valence-electron chi connectivity index (χ1n) is 5.70. The standard InChI is InChI=1S/C14H11Cl2N3S/c1-19(2)8-18-14-11(6-17)12(7-20-14)10-4-3-9(15)5-13(10)16/h3-5,7-8H,1-2H3. The zero-order chi connectivity index (χ0) is 14.7. The molecule has 0 atom stereocenters. The minimum atomic E-state index is 0.523. The normalized spacial score (nSPS) is 10.8. The number of thiophene rings is 1. The van der Waals surface area contributed by atoms with Crippen molar-refractivity contribution in [1.29, 1.82) is 5.26 Å². The Bertz CT molecular complexity index is 699. The molecule has 0 saturated carbocycles. The van der Waals surface area contributed by atoms with Crippen LogP contribution in [0.5, 0.6) is 0 Å². The molecule has 1 aromatic carbocycles. The number of benzene rings is 1. The van der Waals surface area contributed by atoms with E-state index in [-0.39, 0.29) is 0 Å². The molecule has 0 radical (unpaired) electrons. The molecule has 1 heterocycles. The van der Waals surface area contributed by atoms with E-state index in [2.05, 4.69) is 11.1 Å². The maximum Gasteiger partial charge on any atom is 0.136 e. The Morgan fingerprint density at radius 1 is 1.30 bits per heavy atom. The highest BCUT2D eigenvalue weighted by Gasteiger charge is 2.15. The van der Waals surface area contributed by atoms with Gasteiger partial charge in [0.1, 0.15) is 11.1 Å². The van der Waals surface area contributed by atoms with Crippen molar-refractivity contribution in [2.45, 2.75) is 0 Å². The van der Waals surface area contributed by atoms with Crippen molar-refractivity contribution in [3.63, 3.8) is 0 Å². The van der Waals surface area contributed by atoms with Gasteiger partial charge in [0.15, 0.2) is 0 Å². The van der Waals surface area contributed by atoms with Crippen LogP contribution in [0.2, 0.25) is 10.0 Å². The van der Waals surface area contributed by atoms with E-state index < -0.39 is 0 Å². The number of hydrogen-bond acceptors (Lipinski definition) is 3. The van der Waals surface area contributed by atoms with Gasteiger partial charge in [-0.1, -0.05) is 29.3 Å². The maximum absolute atomic E-state index is 9.36. The van der Waals surface area contributed by atoms with E-state index in [4.69, 9.17) is 23.2 Å². The molecule has 0 aliphatic heterocycles. The van der Waals surface area contributed by atoms with Crippen LogP contribution in [0.3, 0.4) is 0 Å². The second kappa shape index (κ2) is 6.27. The summed E-state index contributed by atoms with van der Waals surface area (Å²) in [5.41, 5.74) is 2.09. The molecule has 2 rings (SSSR count). The molecule has 0 fully saturated rings. The molecule has 0 aliphatic carbocycles. The predicted molar refractivity (Wildman–Crippen MR) is 86.3 cm³/mol. The van der Waals surface area contributed by atoms with Crippen molar-refractivity contribution in [3.8, 4) is 17.2 Å². The molecular weight excluding hydrogens is 313 g/mol. The first-order valence-corrected chi connectivity index (χ1v) is 7.34. The second-order valence-corrected chi connectivity index (χ2v) is 5.98. The highest BCUT2D eigenvalue weighted by atomic mass is 35.5. The van der Waals surface area contributed by atoms with E-state index in [0.717, 1.165) is 11.1 Å². The summed E-state index contributed by atoms with van der Waals surface area (Å²) in [6.07, 6.45) is 1.67. The minimum absolute atomic E-state index is 0.523. The van der Waals surface area contributed by atoms with Gasteiger partial charge in [-0.15, -0.1) is 11.3 Å². The number of halogens is 2. The number of aliphatic imine (C=N–C) groups is 1. The first-order chi connectivity index (χ1) is 9.52. The summed E-state index contributed by atoms with van der Waals surface area (Å²) < 4.78 is 0. The average molecular weight is 324 g/mol. The topological polar surface area (TPSA) is 39.4 Å². The van der Waals surface area contributed by atoms with Crippen molar-refractivity contribution in [2.24, 2.45) is 4.99 Å². The molecule has 2 aromatic rings. The van der Waals surface area contributed by atoms with Crippen LogP contribution >= 0.6 is 34.5 Å². The fraction of sp³-hybridized carbons (Fsp3) is 0.143. The quantitative estimate of drug-likeness (QED) is 0.600. The monoisotopic (exact) mass is 323 g/mol. The van der Waals surface area contributed by atoms with E-state index in [1.54, 1.807) is 18.5 Å². The van der Waals surface area contributed by atoms with Gasteiger partial charge in [-0.3, -0.25) is 0 Å². The highest BCUT2D eigenvalue weighted by molar-refractivity contribution is 7.14. The van der Waals surface area contributed by atoms with Crippen LogP contribution in [0.1, 0.15) is 5.56 Å². The minimum Gasteiger partial charge on any atom is -0.369 e. The lowest BCUT2D eigenvalue weighted by atomic mass is 10.0. The van der Waals surface area contributed by atoms with Gasteiger partial charge in [0, 0.05) is 40.6 Å². The molecule has 20 heavy (non-hydrogen) atoms. The Balaban J connectivity index is 2.51. The summed E-state index contributed by atoms with van der Waals surface area (Å²) in [7, 11) is 3.75. The van der Waals surface area contributed by atoms with Crippen LogP contribution < -0.4 is 0 Å². The first kappa shape index (κ1) is 14.9. The van der Waals surface area contributed by atoms with Crippen molar-refractivity contribution in [1.82, 2.24) is 4.90 Å². The highest BCUT2D eigenvalue weighted by Crippen LogP contribution is 2.40. The van der Waals surface area contributed by atoms with Crippen molar-refractivity contribution < 1.29 is 0 Å². The van der Waals surface area contributed by atoms with E-state index in [0.29, 0.717) is 20.6 Å². The van der Waals surface area contributed by atoms with E-state index >= 15 is 0 Å². The van der Waals surface area contributed by atoms with Gasteiger partial charge in [-0.05, 0) is 12.1 Å². The molecule has 0 aliphatic rings. The van der Waals surface area contributed by atoms with Gasteiger partial charge >= 0.3 is 0 Å². The van der Waals surface area contributed by atoms with Crippen LogP contribution in [0, 0.1) is 11.3 Å². The van der Waals surface area contributed by atoms with E-state index in [1.165, 1.54) is 11.3 Å². The third kappa shape index (κ3) is 3.13. The van der Waals surface area contributed by atoms with Gasteiger partial charge in [-0.2, -0.15) is 5.26 Å². The number of hydrogen-bond donors (Lipinski definition) is 0. The van der Waals surface area contributed by atoms with Gasteiger partial charge in [-0.25, -0.2) is 4.99 Å². The summed E-state index contributed by atoms with van der Waals surface area (Å²) in [5.74, 6) is 0. The van der Waals surface area contributed by atoms with Gasteiger partial charge < -0.3 is 4.90 Å². The second-order valence-electron chi connectivity index (χ2n) is 4.27. The molecule has 0 saturated heterocycles. The molecule has 0 bridgehead atoms. The van der Waals surface area contributed by atoms with Crippen molar-refractivity contribution >= 4 is 45.9 Å². The van der Waals surface area contributed by atoms with Gasteiger partial charge in [0.2, 0.25) is 0 Å². The zero-order valence-electron chi connectivity index (χ0n) is 10.9. The van der Waals surface area contributed by atoms with E-state index in [9.17, 15) is 5.26 Å². The molecule has 0 N–H and O–H groups in total. The van der Waals surface area contributed by atoms with Crippen LogP contribution in [0.4, 0.5) is 5.00 Å². The Morgan fingerprint density at radius 2 is 2.05 bits per heavy atom. The van der Waals surface area contributed by atoms with Gasteiger partial charge in [0.25, 0.3) is 0 Å². The molecule has 0 spiro atoms. The fourth-order valence-electron chi connectivity index (χ4n) is 1.62. The molecule has 1 aromatic heterocycles. The molecule has 3 nitrogen and oxygen atoms in total. The maximum atomic E-state index is 9.36. The number of nitrogens with zero attached hydrogens (tertiary/aromatic N) is 3. The Labute approximate surface area is 131 Å². The smallest absolute Gasteiger partial charge is 0.136 e. The van der Waals surface area contributed by atoms with Crippen molar-refractivity contribution in [2.75, 3.05) is 14.1 Å². The number of nitriles is 1. The molecular formula is C14H11Cl2N3S. The largest absolute Gasteiger partial charge is 0.369 e. The fourth-order valence-corrected chi connectivity index (χ4v) is 2.99. The lowest BCUT2D eigenvalue weighted by Crippen LogP contribution is -2.06. The number of rotatable bonds is 3. The van der Waals surface area contributed by atoms with Gasteiger partial charge in [0.05, 0.1) is 11.9 Å². The Morgan fingerprint density at radius 3 is 2.65 bits per heavy atom. The summed E-state index contributed by atoms with van der Waals surface area (Å²) in [6.45, 7) is 0. The summed E-state index contributed by atoms with van der Waals surface area (Å²) in [6, 6.07) is 7.43. The zero-order valence-corrected chi connectivity index (χ0v) is 13.2. The molecule has 0 unspecified atom stereocenters. The molecule has 0 amide bonds. The average Bonchev–Trinajstić information content (AvgIpc) is 2.79.